The van der Waals surface area contributed by atoms with Crippen LogP contribution in [0.15, 0.2) is 6.20 Å². The van der Waals surface area contributed by atoms with Crippen molar-refractivity contribution in [2.75, 3.05) is 18.0 Å². The third-order valence-electron chi connectivity index (χ3n) is 4.05. The summed E-state index contributed by atoms with van der Waals surface area (Å²) in [6, 6.07) is 0. The highest BCUT2D eigenvalue weighted by Crippen LogP contribution is 2.37. The number of nitrogens with zero attached hydrogens (tertiary/aromatic N) is 4. The molecule has 0 N–H and O–H groups in total. The molecule has 0 amide bonds. The summed E-state index contributed by atoms with van der Waals surface area (Å²) in [4.78, 5) is 13.2. The van der Waals surface area contributed by atoms with Crippen LogP contribution in [0.4, 0.5) is 5.82 Å². The van der Waals surface area contributed by atoms with Crippen LogP contribution >= 0.6 is 0 Å². The van der Waals surface area contributed by atoms with Gasteiger partial charge in [0.15, 0.2) is 18.1 Å². The van der Waals surface area contributed by atoms with Crippen LogP contribution in [0.25, 0.3) is 0 Å². The zero-order valence-corrected chi connectivity index (χ0v) is 14.2. The molecule has 0 spiro atoms. The Morgan fingerprint density at radius 1 is 1.46 bits per heavy atom. The smallest absolute Gasteiger partial charge is 0.303 e. The van der Waals surface area contributed by atoms with E-state index < -0.39 is 12.3 Å². The Kier molecular flexibility index (Phi) is 5.83. The van der Waals surface area contributed by atoms with Gasteiger partial charge in [0.1, 0.15) is 0 Å². The second-order valence-electron chi connectivity index (χ2n) is 5.73. The van der Waals surface area contributed by atoms with Gasteiger partial charge in [0.25, 0.3) is 0 Å². The topological polar surface area (TPSA) is 69.5 Å². The predicted molar refractivity (Wildman–Crippen MR) is 88.8 cm³/mol. The van der Waals surface area contributed by atoms with Crippen LogP contribution in [-0.4, -0.2) is 46.3 Å². The maximum absolute atomic E-state index is 11.4. The Morgan fingerprint density at radius 3 is 2.67 bits per heavy atom. The van der Waals surface area contributed by atoms with Gasteiger partial charge in [-0.15, -0.1) is 17.9 Å². The highest BCUT2D eigenvalue weighted by molar-refractivity contribution is 5.66. The van der Waals surface area contributed by atoms with Crippen molar-refractivity contribution in [3.05, 3.63) is 6.20 Å². The standard InChI is InChI=1S/C17H22N4O3/c1-6-9-20(10-7-2)15-11-21(19-18-15)17-16(23-13(5)22)12(4)14(8-3)24-17/h1-2,11-12,14,16-17H,8-10H2,3-5H3/t12-,14+,16?,17+/m0/s1. The first-order valence-corrected chi connectivity index (χ1v) is 7.88. The summed E-state index contributed by atoms with van der Waals surface area (Å²) in [5, 5.41) is 8.23. The summed E-state index contributed by atoms with van der Waals surface area (Å²) in [6.45, 7) is 6.08. The fourth-order valence-corrected chi connectivity index (χ4v) is 2.86. The monoisotopic (exact) mass is 330 g/mol. The van der Waals surface area contributed by atoms with Crippen LogP contribution in [0.1, 0.15) is 33.4 Å². The van der Waals surface area contributed by atoms with Crippen LogP contribution in [0.3, 0.4) is 0 Å². The Hall–Kier alpha value is -2.51. The average Bonchev–Trinajstić information content (AvgIpc) is 3.13. The molecule has 1 aliphatic rings. The second kappa shape index (κ2) is 7.85. The van der Waals surface area contributed by atoms with E-state index in [1.807, 2.05) is 13.8 Å². The van der Waals surface area contributed by atoms with Gasteiger partial charge in [0.2, 0.25) is 0 Å². The SMILES string of the molecule is C#CCN(CC#C)c1cn([C@@H]2O[C@H](CC)[C@H](C)C2OC(C)=O)nn1. The van der Waals surface area contributed by atoms with Crippen molar-refractivity contribution in [1.82, 2.24) is 15.0 Å². The maximum atomic E-state index is 11.4. The number of hydrogen-bond donors (Lipinski definition) is 0. The number of anilines is 1. The van der Waals surface area contributed by atoms with E-state index in [4.69, 9.17) is 22.3 Å². The zero-order valence-electron chi connectivity index (χ0n) is 14.2. The number of carbonyl (C=O) groups is 1. The van der Waals surface area contributed by atoms with Gasteiger partial charge in [-0.1, -0.05) is 30.9 Å². The number of terminal acetylenes is 2. The number of esters is 1. The Bertz CT molecular complexity index is 642. The fraction of sp³-hybridized carbons (Fsp3) is 0.588. The van der Waals surface area contributed by atoms with Crippen LogP contribution in [0.5, 0.6) is 0 Å². The van der Waals surface area contributed by atoms with E-state index in [0.717, 1.165) is 6.42 Å². The molecule has 2 rings (SSSR count). The van der Waals surface area contributed by atoms with Crippen molar-refractivity contribution in [3.8, 4) is 24.7 Å². The number of carbonyl (C=O) groups excluding carboxylic acids is 1. The summed E-state index contributed by atoms with van der Waals surface area (Å²) in [5.41, 5.74) is 0. The third kappa shape index (κ3) is 3.69. The first-order valence-electron chi connectivity index (χ1n) is 7.88. The Morgan fingerprint density at radius 2 is 2.12 bits per heavy atom. The molecule has 4 atom stereocenters. The number of aromatic nitrogens is 3. The summed E-state index contributed by atoms with van der Waals surface area (Å²) < 4.78 is 13.0. The average molecular weight is 330 g/mol. The summed E-state index contributed by atoms with van der Waals surface area (Å²) in [7, 11) is 0. The molecule has 1 aromatic heterocycles. The zero-order chi connectivity index (χ0) is 17.7. The van der Waals surface area contributed by atoms with Crippen molar-refractivity contribution >= 4 is 11.8 Å². The number of ether oxygens (including phenoxy) is 2. The molecule has 7 heteroatoms. The van der Waals surface area contributed by atoms with E-state index in [0.29, 0.717) is 18.9 Å². The lowest BCUT2D eigenvalue weighted by molar-refractivity contribution is -0.154. The van der Waals surface area contributed by atoms with Gasteiger partial charge in [-0.2, -0.15) is 0 Å². The molecule has 1 fully saturated rings. The summed E-state index contributed by atoms with van der Waals surface area (Å²) in [6.07, 6.45) is 12.3. The van der Waals surface area contributed by atoms with Crippen molar-refractivity contribution in [3.63, 3.8) is 0 Å². The van der Waals surface area contributed by atoms with E-state index in [-0.39, 0.29) is 18.0 Å². The van der Waals surface area contributed by atoms with E-state index in [1.165, 1.54) is 6.92 Å². The quantitative estimate of drug-likeness (QED) is 0.577. The number of rotatable bonds is 6. The van der Waals surface area contributed by atoms with Gasteiger partial charge in [0, 0.05) is 12.8 Å². The Labute approximate surface area is 142 Å². The number of hydrogen-bond acceptors (Lipinski definition) is 6. The molecule has 7 nitrogen and oxygen atoms in total. The molecule has 0 saturated carbocycles. The fourth-order valence-electron chi connectivity index (χ4n) is 2.86. The van der Waals surface area contributed by atoms with Crippen molar-refractivity contribution in [2.45, 2.75) is 45.6 Å². The molecule has 0 radical (unpaired) electrons. The molecule has 1 saturated heterocycles. The van der Waals surface area contributed by atoms with Gasteiger partial charge in [-0.05, 0) is 6.42 Å². The van der Waals surface area contributed by atoms with Crippen LogP contribution < -0.4 is 4.90 Å². The van der Waals surface area contributed by atoms with E-state index in [2.05, 4.69) is 22.2 Å². The maximum Gasteiger partial charge on any atom is 0.303 e. The first kappa shape index (κ1) is 17.8. The highest BCUT2D eigenvalue weighted by Gasteiger charge is 2.45. The molecular formula is C17H22N4O3. The molecular weight excluding hydrogens is 308 g/mol. The van der Waals surface area contributed by atoms with E-state index in [1.54, 1.807) is 15.8 Å². The van der Waals surface area contributed by atoms with Gasteiger partial charge in [-0.3, -0.25) is 4.79 Å². The predicted octanol–water partition coefficient (Wildman–Crippen LogP) is 1.23. The van der Waals surface area contributed by atoms with Crippen molar-refractivity contribution in [2.24, 2.45) is 5.92 Å². The largest absolute Gasteiger partial charge is 0.457 e. The molecule has 0 aliphatic carbocycles. The van der Waals surface area contributed by atoms with Gasteiger partial charge < -0.3 is 14.4 Å². The summed E-state index contributed by atoms with van der Waals surface area (Å²) >= 11 is 0. The van der Waals surface area contributed by atoms with Crippen LogP contribution in [0, 0.1) is 30.6 Å². The van der Waals surface area contributed by atoms with Crippen molar-refractivity contribution < 1.29 is 14.3 Å². The normalized spacial score (nSPS) is 25.7. The van der Waals surface area contributed by atoms with Gasteiger partial charge >= 0.3 is 5.97 Å². The molecule has 128 valence electrons. The molecule has 1 unspecified atom stereocenters. The molecule has 0 bridgehead atoms. The molecule has 2 heterocycles. The van der Waals surface area contributed by atoms with Crippen LogP contribution in [0.2, 0.25) is 0 Å². The highest BCUT2D eigenvalue weighted by atomic mass is 16.6. The molecule has 0 aromatic carbocycles. The lowest BCUT2D eigenvalue weighted by Crippen LogP contribution is -2.30. The Balaban J connectivity index is 2.24. The molecule has 1 aromatic rings. The third-order valence-corrected chi connectivity index (χ3v) is 4.05. The lowest BCUT2D eigenvalue weighted by atomic mass is 9.98. The minimum absolute atomic E-state index is 0.0143. The second-order valence-corrected chi connectivity index (χ2v) is 5.73. The van der Waals surface area contributed by atoms with Gasteiger partial charge in [0.05, 0.1) is 25.4 Å². The molecule has 24 heavy (non-hydrogen) atoms. The van der Waals surface area contributed by atoms with Crippen molar-refractivity contribution in [1.29, 1.82) is 0 Å². The minimum atomic E-state index is -0.520. The van der Waals surface area contributed by atoms with E-state index >= 15 is 0 Å². The molecule has 1 aliphatic heterocycles. The van der Waals surface area contributed by atoms with Gasteiger partial charge in [-0.25, -0.2) is 4.68 Å². The minimum Gasteiger partial charge on any atom is -0.457 e. The lowest BCUT2D eigenvalue weighted by Gasteiger charge is -2.20. The van der Waals surface area contributed by atoms with E-state index in [9.17, 15) is 4.79 Å². The summed E-state index contributed by atoms with van der Waals surface area (Å²) in [5.74, 6) is 5.35. The first-order chi connectivity index (χ1) is 11.5. The van der Waals surface area contributed by atoms with Crippen LogP contribution in [-0.2, 0) is 14.3 Å².